The number of fused-ring (bicyclic) bond motifs is 3. The zero-order valence-electron chi connectivity index (χ0n) is 13.4. The summed E-state index contributed by atoms with van der Waals surface area (Å²) in [5.74, 6) is -2.82. The number of carbonyl (C=O) groups excluding carboxylic acids is 2. The number of anilines is 1. The highest BCUT2D eigenvalue weighted by Gasteiger charge is 2.48. The zero-order valence-corrected chi connectivity index (χ0v) is 14.2. The van der Waals surface area contributed by atoms with Crippen LogP contribution in [0.3, 0.4) is 0 Å². The van der Waals surface area contributed by atoms with E-state index in [1.54, 1.807) is 0 Å². The highest BCUT2D eigenvalue weighted by atomic mass is 32.1. The Balaban J connectivity index is 1.60. The molecule has 24 heavy (non-hydrogen) atoms. The summed E-state index contributed by atoms with van der Waals surface area (Å²) in [6, 6.07) is 4.06. The molecule has 2 aliphatic rings. The van der Waals surface area contributed by atoms with E-state index in [-0.39, 0.29) is 17.7 Å². The van der Waals surface area contributed by atoms with Gasteiger partial charge in [-0.25, -0.2) is 4.98 Å². The number of aliphatic carboxylic acids is 1. The number of allylic oxidation sites excluding steroid dienone is 2. The molecule has 1 aromatic carbocycles. The molecule has 1 N–H and O–H groups in total. The lowest BCUT2D eigenvalue weighted by Gasteiger charge is -2.27. The standard InChI is InChI=1S/C18H18N2O3S/c1-8-5-12-13(6-9(8)2)24-18(19-12)20-16(21)14-10-3-4-11(7-10)15(14)17(22)23/h3-6,10-11,14-15H,7H2,1-2H3,(H,22,23)(H,19,20,21)/p-1/t10-,11-,14-,15-/m0/s1. The molecule has 2 bridgehead atoms. The number of carbonyl (C=O) groups is 2. The molecule has 0 radical (unpaired) electrons. The van der Waals surface area contributed by atoms with Crippen molar-refractivity contribution in [3.63, 3.8) is 0 Å². The van der Waals surface area contributed by atoms with Gasteiger partial charge in [-0.3, -0.25) is 4.79 Å². The Morgan fingerprint density at radius 3 is 2.54 bits per heavy atom. The molecule has 0 spiro atoms. The third-order valence-corrected chi connectivity index (χ3v) is 6.20. The maximum atomic E-state index is 12.7. The first-order valence-electron chi connectivity index (χ1n) is 8.02. The Morgan fingerprint density at radius 1 is 1.17 bits per heavy atom. The molecular formula is C18H17N2O3S-. The lowest BCUT2D eigenvalue weighted by molar-refractivity contribution is -0.313. The van der Waals surface area contributed by atoms with E-state index in [1.807, 2.05) is 32.1 Å². The van der Waals surface area contributed by atoms with Crippen molar-refractivity contribution in [1.29, 1.82) is 0 Å². The Morgan fingerprint density at radius 2 is 1.83 bits per heavy atom. The Labute approximate surface area is 143 Å². The summed E-state index contributed by atoms with van der Waals surface area (Å²) < 4.78 is 1.01. The van der Waals surface area contributed by atoms with Crippen LogP contribution in [0.4, 0.5) is 5.13 Å². The number of hydrogen-bond acceptors (Lipinski definition) is 5. The number of carboxylic acids is 1. The molecule has 6 heteroatoms. The van der Waals surface area contributed by atoms with Gasteiger partial charge in [-0.1, -0.05) is 23.5 Å². The maximum Gasteiger partial charge on any atom is 0.230 e. The monoisotopic (exact) mass is 341 g/mol. The van der Waals surface area contributed by atoms with Crippen LogP contribution in [0.1, 0.15) is 17.5 Å². The predicted octanol–water partition coefficient (Wildman–Crippen LogP) is 2.04. The van der Waals surface area contributed by atoms with E-state index in [0.717, 1.165) is 22.2 Å². The minimum absolute atomic E-state index is 0.0169. The van der Waals surface area contributed by atoms with Gasteiger partial charge in [-0.15, -0.1) is 0 Å². The van der Waals surface area contributed by atoms with Gasteiger partial charge in [-0.2, -0.15) is 0 Å². The second-order valence-electron chi connectivity index (χ2n) is 6.73. The number of nitrogens with zero attached hydrogens (tertiary/aromatic N) is 1. The van der Waals surface area contributed by atoms with Gasteiger partial charge in [0.25, 0.3) is 0 Å². The van der Waals surface area contributed by atoms with Crippen molar-refractivity contribution in [3.8, 4) is 0 Å². The zero-order chi connectivity index (χ0) is 17.0. The van der Waals surface area contributed by atoms with E-state index in [9.17, 15) is 14.7 Å². The van der Waals surface area contributed by atoms with Crippen LogP contribution in [0.15, 0.2) is 24.3 Å². The molecule has 2 aliphatic carbocycles. The Hall–Kier alpha value is -2.21. The summed E-state index contributed by atoms with van der Waals surface area (Å²) >= 11 is 1.41. The third-order valence-electron chi connectivity index (χ3n) is 5.27. The second kappa shape index (κ2) is 5.41. The summed E-state index contributed by atoms with van der Waals surface area (Å²) in [4.78, 5) is 28.6. The van der Waals surface area contributed by atoms with E-state index < -0.39 is 17.8 Å². The van der Waals surface area contributed by atoms with Crippen molar-refractivity contribution in [3.05, 3.63) is 35.4 Å². The first kappa shape index (κ1) is 15.3. The number of nitrogens with one attached hydrogen (secondary N) is 1. The van der Waals surface area contributed by atoms with Crippen LogP contribution in [0.2, 0.25) is 0 Å². The first-order valence-corrected chi connectivity index (χ1v) is 8.83. The van der Waals surface area contributed by atoms with Gasteiger partial charge in [0, 0.05) is 11.9 Å². The molecule has 0 unspecified atom stereocenters. The average Bonchev–Trinajstić information content (AvgIpc) is 3.20. The highest BCUT2D eigenvalue weighted by molar-refractivity contribution is 7.22. The maximum absolute atomic E-state index is 12.7. The van der Waals surface area contributed by atoms with Crippen LogP contribution in [0, 0.1) is 37.5 Å². The van der Waals surface area contributed by atoms with Crippen molar-refractivity contribution >= 4 is 38.6 Å². The van der Waals surface area contributed by atoms with Gasteiger partial charge in [0.1, 0.15) is 0 Å². The summed E-state index contributed by atoms with van der Waals surface area (Å²) in [5, 5.41) is 14.8. The molecule has 1 amide bonds. The molecule has 4 rings (SSSR count). The number of rotatable bonds is 3. The fourth-order valence-electron chi connectivity index (χ4n) is 3.92. The van der Waals surface area contributed by atoms with Gasteiger partial charge in [-0.05, 0) is 55.4 Å². The van der Waals surface area contributed by atoms with Crippen LogP contribution >= 0.6 is 11.3 Å². The number of aromatic nitrogens is 1. The summed E-state index contributed by atoms with van der Waals surface area (Å²) in [5.41, 5.74) is 3.18. The van der Waals surface area contributed by atoms with E-state index in [0.29, 0.717) is 5.13 Å². The Kier molecular flexibility index (Phi) is 3.46. The lowest BCUT2D eigenvalue weighted by atomic mass is 9.82. The fraction of sp³-hybridized carbons (Fsp3) is 0.389. The van der Waals surface area contributed by atoms with Crippen LogP contribution in [-0.2, 0) is 9.59 Å². The molecule has 124 valence electrons. The van der Waals surface area contributed by atoms with Gasteiger partial charge < -0.3 is 15.2 Å². The molecule has 1 saturated carbocycles. The molecule has 2 aromatic rings. The molecule has 4 atom stereocenters. The average molecular weight is 341 g/mol. The summed E-state index contributed by atoms with van der Waals surface area (Å²) in [6.45, 7) is 4.07. The van der Waals surface area contributed by atoms with Crippen LogP contribution in [0.25, 0.3) is 10.2 Å². The molecule has 0 aliphatic heterocycles. The first-order chi connectivity index (χ1) is 11.4. The normalized spacial score (nSPS) is 27.8. The summed E-state index contributed by atoms with van der Waals surface area (Å²) in [7, 11) is 0. The number of thiazole rings is 1. The summed E-state index contributed by atoms with van der Waals surface area (Å²) in [6.07, 6.45) is 4.58. The van der Waals surface area contributed by atoms with E-state index >= 15 is 0 Å². The number of benzene rings is 1. The lowest BCUT2D eigenvalue weighted by Crippen LogP contribution is -2.42. The van der Waals surface area contributed by atoms with Crippen molar-refractivity contribution < 1.29 is 14.7 Å². The largest absolute Gasteiger partial charge is 0.550 e. The van der Waals surface area contributed by atoms with Crippen LogP contribution in [0.5, 0.6) is 0 Å². The van der Waals surface area contributed by atoms with Gasteiger partial charge >= 0.3 is 0 Å². The molecule has 1 aromatic heterocycles. The molecule has 5 nitrogen and oxygen atoms in total. The molecule has 0 saturated heterocycles. The van der Waals surface area contributed by atoms with Crippen molar-refractivity contribution in [1.82, 2.24) is 4.98 Å². The minimum Gasteiger partial charge on any atom is -0.550 e. The second-order valence-corrected chi connectivity index (χ2v) is 7.76. The van der Waals surface area contributed by atoms with E-state index in [4.69, 9.17) is 0 Å². The van der Waals surface area contributed by atoms with Gasteiger partial charge in [0.05, 0.1) is 16.1 Å². The third kappa shape index (κ3) is 2.33. The van der Waals surface area contributed by atoms with Crippen molar-refractivity contribution in [2.45, 2.75) is 20.3 Å². The van der Waals surface area contributed by atoms with E-state index in [2.05, 4.69) is 16.4 Å². The van der Waals surface area contributed by atoms with Crippen molar-refractivity contribution in [2.75, 3.05) is 5.32 Å². The predicted molar refractivity (Wildman–Crippen MR) is 90.4 cm³/mol. The quantitative estimate of drug-likeness (QED) is 0.866. The van der Waals surface area contributed by atoms with Crippen LogP contribution in [-0.4, -0.2) is 16.9 Å². The number of carboxylic acid groups (broad SMARTS) is 1. The van der Waals surface area contributed by atoms with Crippen LogP contribution < -0.4 is 10.4 Å². The van der Waals surface area contributed by atoms with Gasteiger partial charge in [0.15, 0.2) is 5.13 Å². The topological polar surface area (TPSA) is 82.1 Å². The van der Waals surface area contributed by atoms with E-state index in [1.165, 1.54) is 16.9 Å². The molecule has 1 heterocycles. The number of amides is 1. The molecular weight excluding hydrogens is 324 g/mol. The smallest absolute Gasteiger partial charge is 0.230 e. The van der Waals surface area contributed by atoms with Crippen molar-refractivity contribution in [2.24, 2.45) is 23.7 Å². The minimum atomic E-state index is -1.14. The number of hydrogen-bond donors (Lipinski definition) is 1. The number of aryl methyl sites for hydroxylation is 2. The fourth-order valence-corrected chi connectivity index (χ4v) is 4.87. The Bertz CT molecular complexity index is 847. The molecule has 1 fully saturated rings. The SMILES string of the molecule is Cc1cc2nc(NC(=O)[C@@H]3[C@@H](C(=O)[O-])[C@H]4C=C[C@H]3C4)sc2cc1C. The highest BCUT2D eigenvalue weighted by Crippen LogP contribution is 2.48. The van der Waals surface area contributed by atoms with Gasteiger partial charge in [0.2, 0.25) is 5.91 Å².